The van der Waals surface area contributed by atoms with E-state index in [1.54, 1.807) is 12.1 Å². The van der Waals surface area contributed by atoms with Crippen molar-refractivity contribution in [3.63, 3.8) is 0 Å². The molecular formula is C18H25NO3S. The van der Waals surface area contributed by atoms with Crippen LogP contribution in [0, 0.1) is 16.7 Å². The second kappa shape index (κ2) is 5.07. The Kier molecular flexibility index (Phi) is 3.63. The van der Waals surface area contributed by atoms with Crippen LogP contribution in [0.5, 0.6) is 0 Å². The lowest BCUT2D eigenvalue weighted by Crippen LogP contribution is -2.46. The minimum absolute atomic E-state index is 0.113. The molecule has 2 aliphatic rings. The van der Waals surface area contributed by atoms with Gasteiger partial charge in [-0.15, -0.1) is 0 Å². The highest BCUT2D eigenvalue weighted by molar-refractivity contribution is 7.90. The molecule has 2 fully saturated rings. The SMILES string of the molecule is CC1(C)C2CCC1(C)C(NC(=O)c1cccc(S(C)(=O)=O)c1)C2. The largest absolute Gasteiger partial charge is 0.349 e. The molecule has 0 heterocycles. The third-order valence-electron chi connectivity index (χ3n) is 6.62. The minimum atomic E-state index is -3.31. The van der Waals surface area contributed by atoms with Crippen LogP contribution in [-0.4, -0.2) is 26.6 Å². The summed E-state index contributed by atoms with van der Waals surface area (Å²) >= 11 is 0. The third kappa shape index (κ3) is 2.49. The van der Waals surface area contributed by atoms with Gasteiger partial charge < -0.3 is 5.32 Å². The van der Waals surface area contributed by atoms with E-state index in [1.807, 2.05) is 0 Å². The molecule has 2 bridgehead atoms. The molecular weight excluding hydrogens is 310 g/mol. The van der Waals surface area contributed by atoms with Crippen LogP contribution >= 0.6 is 0 Å². The standard InChI is InChI=1S/C18H25NO3S/c1-17(2)13-8-9-18(17,3)15(11-13)19-16(20)12-6-5-7-14(10-12)23(4,21)22/h5-7,10,13,15H,8-9,11H2,1-4H3,(H,19,20). The van der Waals surface area contributed by atoms with E-state index in [0.717, 1.165) is 19.1 Å². The van der Waals surface area contributed by atoms with Crippen LogP contribution in [0.2, 0.25) is 0 Å². The van der Waals surface area contributed by atoms with E-state index in [1.165, 1.54) is 18.6 Å². The molecule has 4 nitrogen and oxygen atoms in total. The van der Waals surface area contributed by atoms with E-state index in [9.17, 15) is 13.2 Å². The van der Waals surface area contributed by atoms with Gasteiger partial charge in [0.05, 0.1) is 4.90 Å². The van der Waals surface area contributed by atoms with E-state index in [0.29, 0.717) is 11.5 Å². The van der Waals surface area contributed by atoms with Gasteiger partial charge in [-0.2, -0.15) is 0 Å². The molecule has 1 aromatic rings. The van der Waals surface area contributed by atoms with E-state index in [4.69, 9.17) is 0 Å². The molecule has 1 N–H and O–H groups in total. The number of hydrogen-bond acceptors (Lipinski definition) is 3. The fourth-order valence-corrected chi connectivity index (χ4v) is 5.20. The quantitative estimate of drug-likeness (QED) is 0.923. The predicted octanol–water partition coefficient (Wildman–Crippen LogP) is 3.03. The van der Waals surface area contributed by atoms with Gasteiger partial charge in [-0.25, -0.2) is 8.42 Å². The number of benzene rings is 1. The number of amides is 1. The molecule has 0 spiro atoms. The summed E-state index contributed by atoms with van der Waals surface area (Å²) in [4.78, 5) is 12.8. The molecule has 1 aromatic carbocycles. The smallest absolute Gasteiger partial charge is 0.251 e. The van der Waals surface area contributed by atoms with Crippen LogP contribution in [0.25, 0.3) is 0 Å². The topological polar surface area (TPSA) is 63.2 Å². The zero-order chi connectivity index (χ0) is 17.0. The molecule has 5 heteroatoms. The highest BCUT2D eigenvalue weighted by atomic mass is 32.2. The van der Waals surface area contributed by atoms with Gasteiger partial charge in [-0.1, -0.05) is 26.8 Å². The van der Waals surface area contributed by atoms with Crippen LogP contribution < -0.4 is 5.32 Å². The molecule has 0 aromatic heterocycles. The van der Waals surface area contributed by atoms with E-state index < -0.39 is 9.84 Å². The lowest BCUT2D eigenvalue weighted by atomic mass is 9.69. The van der Waals surface area contributed by atoms with Crippen molar-refractivity contribution in [1.82, 2.24) is 5.32 Å². The van der Waals surface area contributed by atoms with E-state index in [2.05, 4.69) is 26.1 Å². The number of carbonyl (C=O) groups excluding carboxylic acids is 1. The summed E-state index contributed by atoms with van der Waals surface area (Å²) in [5.74, 6) is 0.477. The first-order valence-corrected chi connectivity index (χ1v) is 10.1. The van der Waals surface area contributed by atoms with Crippen molar-refractivity contribution in [3.8, 4) is 0 Å². The summed E-state index contributed by atoms with van der Waals surface area (Å²) in [5.41, 5.74) is 0.763. The number of rotatable bonds is 3. The normalized spacial score (nSPS) is 32.0. The fraction of sp³-hybridized carbons (Fsp3) is 0.611. The first kappa shape index (κ1) is 16.5. The molecule has 0 radical (unpaired) electrons. The Balaban J connectivity index is 1.82. The minimum Gasteiger partial charge on any atom is -0.349 e. The average molecular weight is 335 g/mol. The summed E-state index contributed by atoms with van der Waals surface area (Å²) in [5, 5.41) is 3.17. The highest BCUT2D eigenvalue weighted by Gasteiger charge is 2.61. The summed E-state index contributed by atoms with van der Waals surface area (Å²) in [7, 11) is -3.31. The zero-order valence-electron chi connectivity index (χ0n) is 14.2. The van der Waals surface area contributed by atoms with Gasteiger partial charge in [-0.3, -0.25) is 4.79 Å². The van der Waals surface area contributed by atoms with Crippen molar-refractivity contribution in [2.75, 3.05) is 6.26 Å². The Bertz CT molecular complexity index is 753. The van der Waals surface area contributed by atoms with Gasteiger partial charge in [0.1, 0.15) is 0 Å². The molecule has 1 amide bonds. The maximum absolute atomic E-state index is 12.6. The van der Waals surface area contributed by atoms with Crippen molar-refractivity contribution < 1.29 is 13.2 Å². The Morgan fingerprint density at radius 3 is 2.48 bits per heavy atom. The third-order valence-corrected chi connectivity index (χ3v) is 7.73. The zero-order valence-corrected chi connectivity index (χ0v) is 15.0. The molecule has 23 heavy (non-hydrogen) atoms. The molecule has 3 rings (SSSR count). The summed E-state index contributed by atoms with van der Waals surface area (Å²) in [6, 6.07) is 6.44. The fourth-order valence-electron chi connectivity index (χ4n) is 4.53. The van der Waals surface area contributed by atoms with Gasteiger partial charge in [0, 0.05) is 17.9 Å². The lowest BCUT2D eigenvalue weighted by Gasteiger charge is -2.39. The van der Waals surface area contributed by atoms with Crippen molar-refractivity contribution in [2.45, 2.75) is 51.0 Å². The van der Waals surface area contributed by atoms with Crippen LogP contribution in [0.3, 0.4) is 0 Å². The molecule has 3 atom stereocenters. The van der Waals surface area contributed by atoms with Gasteiger partial charge in [0.2, 0.25) is 0 Å². The van der Waals surface area contributed by atoms with Gasteiger partial charge in [0.15, 0.2) is 9.84 Å². The van der Waals surface area contributed by atoms with Gasteiger partial charge in [-0.05, 0) is 54.2 Å². The van der Waals surface area contributed by atoms with Crippen molar-refractivity contribution in [2.24, 2.45) is 16.7 Å². The summed E-state index contributed by atoms with van der Waals surface area (Å²) in [6.07, 6.45) is 4.54. The predicted molar refractivity (Wildman–Crippen MR) is 90.0 cm³/mol. The van der Waals surface area contributed by atoms with E-state index >= 15 is 0 Å². The second-order valence-electron chi connectivity index (χ2n) is 7.94. The number of sulfone groups is 1. The Morgan fingerprint density at radius 2 is 1.96 bits per heavy atom. The van der Waals surface area contributed by atoms with Crippen LogP contribution in [-0.2, 0) is 9.84 Å². The summed E-state index contributed by atoms with van der Waals surface area (Å²) < 4.78 is 23.3. The Morgan fingerprint density at radius 1 is 1.26 bits per heavy atom. The average Bonchev–Trinajstić information content (AvgIpc) is 2.80. The lowest BCUT2D eigenvalue weighted by molar-refractivity contribution is 0.0826. The highest BCUT2D eigenvalue weighted by Crippen LogP contribution is 2.65. The van der Waals surface area contributed by atoms with Crippen molar-refractivity contribution in [1.29, 1.82) is 0 Å². The molecule has 0 saturated heterocycles. The second-order valence-corrected chi connectivity index (χ2v) is 9.95. The molecule has 3 unspecified atom stereocenters. The number of carbonyl (C=O) groups is 1. The van der Waals surface area contributed by atoms with Gasteiger partial charge in [0.25, 0.3) is 5.91 Å². The molecule has 126 valence electrons. The first-order valence-electron chi connectivity index (χ1n) is 8.17. The van der Waals surface area contributed by atoms with Gasteiger partial charge >= 0.3 is 0 Å². The Hall–Kier alpha value is -1.36. The monoisotopic (exact) mass is 335 g/mol. The summed E-state index contributed by atoms with van der Waals surface area (Å²) in [6.45, 7) is 6.89. The molecule has 2 aliphatic carbocycles. The maximum Gasteiger partial charge on any atom is 0.251 e. The molecule has 2 saturated carbocycles. The number of hydrogen-bond donors (Lipinski definition) is 1. The molecule has 0 aliphatic heterocycles. The number of nitrogens with one attached hydrogen (secondary N) is 1. The Labute approximate surface area is 138 Å². The van der Waals surface area contributed by atoms with E-state index in [-0.39, 0.29) is 27.7 Å². The van der Waals surface area contributed by atoms with Crippen molar-refractivity contribution in [3.05, 3.63) is 29.8 Å². The van der Waals surface area contributed by atoms with Crippen LogP contribution in [0.15, 0.2) is 29.2 Å². The maximum atomic E-state index is 12.6. The van der Waals surface area contributed by atoms with Crippen LogP contribution in [0.4, 0.5) is 0 Å². The van der Waals surface area contributed by atoms with Crippen LogP contribution in [0.1, 0.15) is 50.4 Å². The van der Waals surface area contributed by atoms with Crippen molar-refractivity contribution >= 4 is 15.7 Å². The number of fused-ring (bicyclic) bond motifs is 2. The first-order chi connectivity index (χ1) is 10.6.